The molecule has 0 unspecified atom stereocenters. The van der Waals surface area contributed by atoms with Crippen LogP contribution in [0.5, 0.6) is 0 Å². The fraction of sp³-hybridized carbons (Fsp3) is 0.308. The second kappa shape index (κ2) is 4.26. The van der Waals surface area contributed by atoms with Gasteiger partial charge in [0.1, 0.15) is 0 Å². The van der Waals surface area contributed by atoms with Gasteiger partial charge in [0.05, 0.1) is 5.69 Å². The topological polar surface area (TPSA) is 20.7 Å². The van der Waals surface area contributed by atoms with E-state index < -0.39 is 0 Å². The van der Waals surface area contributed by atoms with Crippen molar-refractivity contribution in [3.8, 4) is 5.69 Å². The molecule has 1 N–H and O–H groups in total. The smallest absolute Gasteiger partial charge is 0.182 e. The summed E-state index contributed by atoms with van der Waals surface area (Å²) in [4.78, 5) is 3.12. The summed E-state index contributed by atoms with van der Waals surface area (Å²) >= 11 is 5.34. The molecule has 3 heteroatoms. The summed E-state index contributed by atoms with van der Waals surface area (Å²) in [6.07, 6.45) is 2.00. The number of aryl methyl sites for hydroxylation is 1. The number of aromatic amines is 1. The Balaban J connectivity index is 2.69. The Labute approximate surface area is 101 Å². The molecule has 2 rings (SSSR count). The molecule has 0 amide bonds. The average molecular weight is 232 g/mol. The van der Waals surface area contributed by atoms with E-state index in [1.807, 2.05) is 18.3 Å². The van der Waals surface area contributed by atoms with Crippen molar-refractivity contribution >= 4 is 12.2 Å². The maximum absolute atomic E-state index is 5.34. The minimum Gasteiger partial charge on any atom is -0.337 e. The van der Waals surface area contributed by atoms with Gasteiger partial charge in [-0.05, 0) is 36.7 Å². The van der Waals surface area contributed by atoms with Gasteiger partial charge in [-0.3, -0.25) is 4.57 Å². The molecule has 1 aromatic carbocycles. The molecule has 1 aromatic heterocycles. The number of aromatic nitrogens is 2. The zero-order valence-corrected chi connectivity index (χ0v) is 10.6. The van der Waals surface area contributed by atoms with Gasteiger partial charge in [0, 0.05) is 11.9 Å². The molecule has 0 saturated carbocycles. The molecule has 0 fully saturated rings. The molecule has 0 spiro atoms. The lowest BCUT2D eigenvalue weighted by atomic mass is 10.1. The van der Waals surface area contributed by atoms with E-state index in [0.29, 0.717) is 5.92 Å². The predicted molar refractivity (Wildman–Crippen MR) is 69.8 cm³/mol. The van der Waals surface area contributed by atoms with Gasteiger partial charge in [-0.1, -0.05) is 32.0 Å². The lowest BCUT2D eigenvalue weighted by Gasteiger charge is -2.13. The highest BCUT2D eigenvalue weighted by Gasteiger charge is 2.10. The fourth-order valence-corrected chi connectivity index (χ4v) is 2.13. The zero-order valence-electron chi connectivity index (χ0n) is 9.82. The molecule has 0 atom stereocenters. The van der Waals surface area contributed by atoms with Crippen molar-refractivity contribution in [3.63, 3.8) is 0 Å². The van der Waals surface area contributed by atoms with E-state index in [2.05, 4.69) is 42.5 Å². The van der Waals surface area contributed by atoms with Crippen molar-refractivity contribution in [2.24, 2.45) is 0 Å². The van der Waals surface area contributed by atoms with Crippen LogP contribution >= 0.6 is 12.2 Å². The quantitative estimate of drug-likeness (QED) is 0.777. The van der Waals surface area contributed by atoms with Gasteiger partial charge in [-0.15, -0.1) is 0 Å². The first-order valence-corrected chi connectivity index (χ1v) is 5.88. The van der Waals surface area contributed by atoms with Gasteiger partial charge in [0.2, 0.25) is 0 Å². The van der Waals surface area contributed by atoms with Gasteiger partial charge in [-0.2, -0.15) is 0 Å². The van der Waals surface area contributed by atoms with E-state index in [9.17, 15) is 0 Å². The lowest BCUT2D eigenvalue weighted by Crippen LogP contribution is -2.03. The summed E-state index contributed by atoms with van der Waals surface area (Å²) in [5.41, 5.74) is 3.62. The Kier molecular flexibility index (Phi) is 2.97. The second-order valence-electron chi connectivity index (χ2n) is 4.30. The third kappa shape index (κ3) is 1.83. The summed E-state index contributed by atoms with van der Waals surface area (Å²) in [5, 5.41) is 0. The Morgan fingerprint density at radius 2 is 1.94 bits per heavy atom. The van der Waals surface area contributed by atoms with Gasteiger partial charge in [-0.25, -0.2) is 0 Å². The number of nitrogens with zero attached hydrogens (tertiary/aromatic N) is 1. The molecular formula is C13H16N2S. The van der Waals surface area contributed by atoms with Crippen LogP contribution in [0.3, 0.4) is 0 Å². The van der Waals surface area contributed by atoms with Crippen LogP contribution in [0.4, 0.5) is 0 Å². The maximum Gasteiger partial charge on any atom is 0.182 e. The standard InChI is InChI=1S/C13H16N2S/c1-9(2)12-8-14-13(16)15(12)11-7-5-4-6-10(11)3/h4-9H,1-3H3,(H,14,16). The van der Waals surface area contributed by atoms with Crippen molar-refractivity contribution in [2.75, 3.05) is 0 Å². The third-order valence-corrected chi connectivity index (χ3v) is 3.05. The van der Waals surface area contributed by atoms with Crippen LogP contribution in [-0.4, -0.2) is 9.55 Å². The summed E-state index contributed by atoms with van der Waals surface area (Å²) in [7, 11) is 0. The van der Waals surface area contributed by atoms with Crippen LogP contribution in [0.2, 0.25) is 0 Å². The molecular weight excluding hydrogens is 216 g/mol. The first-order chi connectivity index (χ1) is 7.61. The van der Waals surface area contributed by atoms with Crippen molar-refractivity contribution in [2.45, 2.75) is 26.7 Å². The number of hydrogen-bond acceptors (Lipinski definition) is 1. The van der Waals surface area contributed by atoms with E-state index in [-0.39, 0.29) is 0 Å². The SMILES string of the molecule is Cc1ccccc1-n1c(C(C)C)c[nH]c1=S. The van der Waals surface area contributed by atoms with Crippen LogP contribution in [0.15, 0.2) is 30.5 Å². The van der Waals surface area contributed by atoms with Crippen LogP contribution in [0.25, 0.3) is 5.69 Å². The van der Waals surface area contributed by atoms with Gasteiger partial charge >= 0.3 is 0 Å². The van der Waals surface area contributed by atoms with Gasteiger partial charge in [0.25, 0.3) is 0 Å². The normalized spacial score (nSPS) is 11.0. The van der Waals surface area contributed by atoms with Crippen LogP contribution < -0.4 is 0 Å². The molecule has 1 heterocycles. The summed E-state index contributed by atoms with van der Waals surface area (Å²) < 4.78 is 2.88. The molecule has 0 radical (unpaired) electrons. The van der Waals surface area contributed by atoms with E-state index >= 15 is 0 Å². The fourth-order valence-electron chi connectivity index (χ4n) is 1.87. The molecule has 0 saturated heterocycles. The number of para-hydroxylation sites is 1. The Morgan fingerprint density at radius 1 is 1.25 bits per heavy atom. The largest absolute Gasteiger partial charge is 0.337 e. The maximum atomic E-state index is 5.34. The Hall–Kier alpha value is -1.35. The molecule has 0 aliphatic heterocycles. The molecule has 0 aliphatic carbocycles. The van der Waals surface area contributed by atoms with Crippen molar-refractivity contribution < 1.29 is 0 Å². The molecule has 2 aromatic rings. The first-order valence-electron chi connectivity index (χ1n) is 5.47. The van der Waals surface area contributed by atoms with E-state index in [4.69, 9.17) is 12.2 Å². The minimum atomic E-state index is 0.451. The molecule has 0 aliphatic rings. The van der Waals surface area contributed by atoms with Crippen molar-refractivity contribution in [3.05, 3.63) is 46.5 Å². The number of nitrogens with one attached hydrogen (secondary N) is 1. The lowest BCUT2D eigenvalue weighted by molar-refractivity contribution is 0.781. The molecule has 0 bridgehead atoms. The van der Waals surface area contributed by atoms with Crippen molar-refractivity contribution in [1.29, 1.82) is 0 Å². The number of rotatable bonds is 2. The Morgan fingerprint density at radius 3 is 2.56 bits per heavy atom. The third-order valence-electron chi connectivity index (χ3n) is 2.75. The minimum absolute atomic E-state index is 0.451. The molecule has 84 valence electrons. The highest BCUT2D eigenvalue weighted by atomic mass is 32.1. The van der Waals surface area contributed by atoms with Crippen LogP contribution in [-0.2, 0) is 0 Å². The monoisotopic (exact) mass is 232 g/mol. The number of benzene rings is 1. The number of hydrogen-bond donors (Lipinski definition) is 1. The number of imidazole rings is 1. The highest BCUT2D eigenvalue weighted by molar-refractivity contribution is 7.71. The predicted octanol–water partition coefficient (Wildman–Crippen LogP) is 3.97. The van der Waals surface area contributed by atoms with E-state index in [1.54, 1.807) is 0 Å². The van der Waals surface area contributed by atoms with E-state index in [0.717, 1.165) is 10.5 Å². The zero-order chi connectivity index (χ0) is 11.7. The first kappa shape index (κ1) is 11.1. The molecule has 2 nitrogen and oxygen atoms in total. The van der Waals surface area contributed by atoms with Gasteiger partial charge in [0.15, 0.2) is 4.77 Å². The number of H-pyrrole nitrogens is 1. The summed E-state index contributed by atoms with van der Waals surface area (Å²) in [6.45, 7) is 6.45. The summed E-state index contributed by atoms with van der Waals surface area (Å²) in [6, 6.07) is 8.30. The van der Waals surface area contributed by atoms with Gasteiger partial charge < -0.3 is 4.98 Å². The average Bonchev–Trinajstić information content (AvgIpc) is 2.61. The second-order valence-corrected chi connectivity index (χ2v) is 4.68. The van der Waals surface area contributed by atoms with Crippen LogP contribution in [0.1, 0.15) is 31.0 Å². The highest BCUT2D eigenvalue weighted by Crippen LogP contribution is 2.21. The summed E-state index contributed by atoms with van der Waals surface area (Å²) in [5.74, 6) is 0.451. The van der Waals surface area contributed by atoms with Crippen molar-refractivity contribution in [1.82, 2.24) is 9.55 Å². The molecule has 16 heavy (non-hydrogen) atoms. The Bertz CT molecular complexity index is 549. The van der Waals surface area contributed by atoms with E-state index in [1.165, 1.54) is 11.3 Å². The van der Waals surface area contributed by atoms with Crippen LogP contribution in [0, 0.1) is 11.7 Å².